The zero-order valence-corrected chi connectivity index (χ0v) is 13.1. The minimum absolute atomic E-state index is 0.683. The predicted octanol–water partition coefficient (Wildman–Crippen LogP) is 4.79. The Morgan fingerprint density at radius 2 is 2.10 bits per heavy atom. The summed E-state index contributed by atoms with van der Waals surface area (Å²) in [5.74, 6) is 0. The lowest BCUT2D eigenvalue weighted by Crippen LogP contribution is -2.16. The first-order valence-corrected chi connectivity index (χ1v) is 8.10. The lowest BCUT2D eigenvalue weighted by atomic mass is 10.3. The van der Waals surface area contributed by atoms with Gasteiger partial charge in [0.2, 0.25) is 0 Å². The molecule has 2 nitrogen and oxygen atoms in total. The van der Waals surface area contributed by atoms with Crippen LogP contribution in [0, 0.1) is 0 Å². The molecule has 0 amide bonds. The number of nitrogens with one attached hydrogen (secondary N) is 1. The summed E-state index contributed by atoms with van der Waals surface area (Å²) in [4.78, 5) is 5.40. The normalized spacial score (nSPS) is 14.5. The summed E-state index contributed by atoms with van der Waals surface area (Å²) in [7, 11) is 0. The highest BCUT2D eigenvalue weighted by Crippen LogP contribution is 2.35. The summed E-state index contributed by atoms with van der Waals surface area (Å²) in [6.45, 7) is 0.846. The van der Waals surface area contributed by atoms with E-state index in [9.17, 15) is 0 Å². The molecule has 1 aromatic heterocycles. The summed E-state index contributed by atoms with van der Waals surface area (Å²) in [6.07, 6.45) is 4.37. The molecule has 1 aromatic carbocycles. The van der Waals surface area contributed by atoms with Crippen LogP contribution in [0.2, 0.25) is 10.0 Å². The summed E-state index contributed by atoms with van der Waals surface area (Å²) in [5.41, 5.74) is 1.19. The van der Waals surface area contributed by atoms with Crippen LogP contribution in [0.1, 0.15) is 18.4 Å². The largest absolute Gasteiger partial charge is 0.310 e. The van der Waals surface area contributed by atoms with E-state index in [2.05, 4.69) is 16.4 Å². The van der Waals surface area contributed by atoms with Crippen molar-refractivity contribution in [2.75, 3.05) is 0 Å². The van der Waals surface area contributed by atoms with Gasteiger partial charge in [-0.15, -0.1) is 0 Å². The summed E-state index contributed by atoms with van der Waals surface area (Å²) in [5, 5.41) is 5.88. The van der Waals surface area contributed by atoms with Crippen LogP contribution in [0.15, 0.2) is 46.5 Å². The number of halogens is 2. The van der Waals surface area contributed by atoms with Crippen LogP contribution >= 0.6 is 35.0 Å². The molecule has 104 valence electrons. The van der Waals surface area contributed by atoms with Crippen molar-refractivity contribution in [3.63, 3.8) is 0 Å². The molecule has 1 aliphatic rings. The third-order valence-corrected chi connectivity index (χ3v) is 4.90. The molecule has 0 radical (unpaired) electrons. The van der Waals surface area contributed by atoms with E-state index in [-0.39, 0.29) is 0 Å². The fourth-order valence-corrected chi connectivity index (χ4v) is 3.27. The molecule has 2 aromatic rings. The molecule has 0 aliphatic heterocycles. The Hall–Kier alpha value is -0.740. The van der Waals surface area contributed by atoms with Gasteiger partial charge in [0.15, 0.2) is 0 Å². The zero-order valence-electron chi connectivity index (χ0n) is 10.8. The van der Waals surface area contributed by atoms with Gasteiger partial charge in [-0.05, 0) is 42.7 Å². The van der Waals surface area contributed by atoms with Gasteiger partial charge in [0.05, 0.1) is 5.02 Å². The molecule has 1 fully saturated rings. The molecule has 0 spiro atoms. The van der Waals surface area contributed by atoms with E-state index in [0.717, 1.165) is 16.5 Å². The lowest BCUT2D eigenvalue weighted by molar-refractivity contribution is 0.675. The third-order valence-electron chi connectivity index (χ3n) is 3.11. The molecule has 0 unspecified atom stereocenters. The first-order chi connectivity index (χ1) is 9.72. The average molecular weight is 325 g/mol. The number of hydrogen-bond donors (Lipinski definition) is 1. The van der Waals surface area contributed by atoms with Crippen LogP contribution < -0.4 is 5.32 Å². The summed E-state index contributed by atoms with van der Waals surface area (Å²) >= 11 is 13.8. The first-order valence-electron chi connectivity index (χ1n) is 6.52. The van der Waals surface area contributed by atoms with E-state index in [4.69, 9.17) is 23.2 Å². The molecule has 1 N–H and O–H groups in total. The highest BCUT2D eigenvalue weighted by Gasteiger charge is 2.20. The van der Waals surface area contributed by atoms with Crippen LogP contribution in [0.3, 0.4) is 0 Å². The van der Waals surface area contributed by atoms with E-state index in [1.54, 1.807) is 24.0 Å². The van der Waals surface area contributed by atoms with E-state index in [1.807, 2.05) is 18.2 Å². The lowest BCUT2D eigenvalue weighted by Gasteiger charge is -2.10. The SMILES string of the molecule is Clc1ccc(Cl)c(Sc2ncccc2CNC2CC2)c1. The zero-order chi connectivity index (χ0) is 13.9. The van der Waals surface area contributed by atoms with Crippen molar-refractivity contribution in [2.45, 2.75) is 35.3 Å². The van der Waals surface area contributed by atoms with Crippen molar-refractivity contribution in [1.29, 1.82) is 0 Å². The minimum atomic E-state index is 0.683. The second-order valence-corrected chi connectivity index (χ2v) is 6.67. The van der Waals surface area contributed by atoms with Crippen molar-refractivity contribution < 1.29 is 0 Å². The highest BCUT2D eigenvalue weighted by atomic mass is 35.5. The standard InChI is InChI=1S/C15H14Cl2N2S/c16-11-3-6-13(17)14(8-11)20-15-10(2-1-7-18-15)9-19-12-4-5-12/h1-3,6-8,12,19H,4-5,9H2. The third kappa shape index (κ3) is 3.67. The Morgan fingerprint density at radius 3 is 2.90 bits per heavy atom. The number of benzene rings is 1. The van der Waals surface area contributed by atoms with Crippen molar-refractivity contribution in [3.05, 3.63) is 52.1 Å². The average Bonchev–Trinajstić information content (AvgIpc) is 3.26. The number of pyridine rings is 1. The maximum atomic E-state index is 6.21. The Kier molecular flexibility index (Phi) is 4.51. The maximum absolute atomic E-state index is 6.21. The van der Waals surface area contributed by atoms with Crippen molar-refractivity contribution in [3.8, 4) is 0 Å². The molecular weight excluding hydrogens is 311 g/mol. The molecule has 20 heavy (non-hydrogen) atoms. The van der Waals surface area contributed by atoms with Gasteiger partial charge in [0.25, 0.3) is 0 Å². The molecule has 1 heterocycles. The molecule has 0 saturated heterocycles. The second kappa shape index (κ2) is 6.35. The quantitative estimate of drug-likeness (QED) is 0.855. The fourth-order valence-electron chi connectivity index (χ4n) is 1.85. The molecule has 0 bridgehead atoms. The van der Waals surface area contributed by atoms with Crippen LogP contribution in [-0.4, -0.2) is 11.0 Å². The molecule has 5 heteroatoms. The second-order valence-electron chi connectivity index (χ2n) is 4.80. The smallest absolute Gasteiger partial charge is 0.105 e. The van der Waals surface area contributed by atoms with Gasteiger partial charge in [-0.3, -0.25) is 0 Å². The number of hydrogen-bond acceptors (Lipinski definition) is 3. The molecule has 1 saturated carbocycles. The van der Waals surface area contributed by atoms with Gasteiger partial charge in [-0.1, -0.05) is 41.0 Å². The highest BCUT2D eigenvalue weighted by molar-refractivity contribution is 7.99. The van der Waals surface area contributed by atoms with E-state index < -0.39 is 0 Å². The van der Waals surface area contributed by atoms with E-state index in [1.165, 1.54) is 18.4 Å². The molecular formula is C15H14Cl2N2S. The van der Waals surface area contributed by atoms with Crippen LogP contribution in [0.5, 0.6) is 0 Å². The van der Waals surface area contributed by atoms with Crippen molar-refractivity contribution in [1.82, 2.24) is 10.3 Å². The Balaban J connectivity index is 1.80. The number of nitrogens with zero attached hydrogens (tertiary/aromatic N) is 1. The van der Waals surface area contributed by atoms with Crippen molar-refractivity contribution >= 4 is 35.0 Å². The first kappa shape index (κ1) is 14.2. The Bertz CT molecular complexity index is 615. The Labute approximate surface area is 132 Å². The fraction of sp³-hybridized carbons (Fsp3) is 0.267. The minimum Gasteiger partial charge on any atom is -0.310 e. The monoisotopic (exact) mass is 324 g/mol. The molecule has 3 rings (SSSR count). The van der Waals surface area contributed by atoms with Gasteiger partial charge in [-0.25, -0.2) is 4.98 Å². The van der Waals surface area contributed by atoms with Crippen LogP contribution in [0.4, 0.5) is 0 Å². The van der Waals surface area contributed by atoms with Gasteiger partial charge < -0.3 is 5.32 Å². The van der Waals surface area contributed by atoms with E-state index in [0.29, 0.717) is 16.1 Å². The molecule has 0 atom stereocenters. The number of rotatable bonds is 5. The van der Waals surface area contributed by atoms with Gasteiger partial charge in [0.1, 0.15) is 5.03 Å². The van der Waals surface area contributed by atoms with Gasteiger partial charge >= 0.3 is 0 Å². The van der Waals surface area contributed by atoms with Crippen molar-refractivity contribution in [2.24, 2.45) is 0 Å². The van der Waals surface area contributed by atoms with Gasteiger partial charge in [-0.2, -0.15) is 0 Å². The Morgan fingerprint density at radius 1 is 1.25 bits per heavy atom. The number of aromatic nitrogens is 1. The predicted molar refractivity (Wildman–Crippen MR) is 84.7 cm³/mol. The van der Waals surface area contributed by atoms with Crippen LogP contribution in [-0.2, 0) is 6.54 Å². The topological polar surface area (TPSA) is 24.9 Å². The van der Waals surface area contributed by atoms with E-state index >= 15 is 0 Å². The summed E-state index contributed by atoms with van der Waals surface area (Å²) in [6, 6.07) is 10.2. The molecule has 1 aliphatic carbocycles. The van der Waals surface area contributed by atoms with Crippen LogP contribution in [0.25, 0.3) is 0 Å². The summed E-state index contributed by atoms with van der Waals surface area (Å²) < 4.78 is 0. The maximum Gasteiger partial charge on any atom is 0.105 e. The van der Waals surface area contributed by atoms with Gasteiger partial charge in [0, 0.05) is 28.7 Å².